The van der Waals surface area contributed by atoms with Crippen LogP contribution in [0.5, 0.6) is 0 Å². The molecule has 0 saturated heterocycles. The van der Waals surface area contributed by atoms with Crippen LogP contribution in [0.25, 0.3) is 0 Å². The Labute approximate surface area is 95.0 Å². The van der Waals surface area contributed by atoms with E-state index in [0.29, 0.717) is 5.56 Å². The largest absolute Gasteiger partial charge is 0.386 e. The molecular weight excluding hydrogens is 226 g/mol. The lowest BCUT2D eigenvalue weighted by Gasteiger charge is -2.17. The molecule has 0 amide bonds. The van der Waals surface area contributed by atoms with Gasteiger partial charge in [-0.15, -0.1) is 0 Å². The SMILES string of the molecule is CS(=O)(=O)c1ccc(C(O)C2(N)CC2)cc1. The summed E-state index contributed by atoms with van der Waals surface area (Å²) in [7, 11) is -3.18. The summed E-state index contributed by atoms with van der Waals surface area (Å²) < 4.78 is 22.5. The second kappa shape index (κ2) is 3.55. The Morgan fingerprint density at radius 1 is 1.31 bits per heavy atom. The molecule has 1 unspecified atom stereocenters. The molecule has 1 fully saturated rings. The molecule has 3 N–H and O–H groups in total. The van der Waals surface area contributed by atoms with Crippen molar-refractivity contribution in [2.75, 3.05) is 6.26 Å². The Bertz CT molecular complexity index is 488. The Hall–Kier alpha value is -0.910. The van der Waals surface area contributed by atoms with E-state index in [1.165, 1.54) is 12.1 Å². The highest BCUT2D eigenvalue weighted by Crippen LogP contribution is 2.43. The lowest BCUT2D eigenvalue weighted by atomic mass is 10.0. The van der Waals surface area contributed by atoms with Crippen LogP contribution < -0.4 is 5.73 Å². The molecule has 2 rings (SSSR count). The van der Waals surface area contributed by atoms with Gasteiger partial charge in [0.05, 0.1) is 11.0 Å². The molecular formula is C11H15NO3S. The van der Waals surface area contributed by atoms with Crippen LogP contribution in [0.2, 0.25) is 0 Å². The molecule has 0 bridgehead atoms. The van der Waals surface area contributed by atoms with E-state index >= 15 is 0 Å². The van der Waals surface area contributed by atoms with Crippen molar-refractivity contribution < 1.29 is 13.5 Å². The normalized spacial score (nSPS) is 20.4. The lowest BCUT2D eigenvalue weighted by molar-refractivity contribution is 0.136. The van der Waals surface area contributed by atoms with Crippen molar-refractivity contribution in [3.8, 4) is 0 Å². The summed E-state index contributed by atoms with van der Waals surface area (Å²) >= 11 is 0. The topological polar surface area (TPSA) is 80.4 Å². The Morgan fingerprint density at radius 3 is 2.19 bits per heavy atom. The fraction of sp³-hybridized carbons (Fsp3) is 0.455. The van der Waals surface area contributed by atoms with Crippen molar-refractivity contribution in [3.63, 3.8) is 0 Å². The van der Waals surface area contributed by atoms with Gasteiger partial charge in [0.15, 0.2) is 9.84 Å². The zero-order valence-electron chi connectivity index (χ0n) is 9.05. The number of rotatable bonds is 3. The first-order valence-corrected chi connectivity index (χ1v) is 6.99. The number of nitrogens with two attached hydrogens (primary N) is 1. The monoisotopic (exact) mass is 241 g/mol. The fourth-order valence-electron chi connectivity index (χ4n) is 1.65. The fourth-order valence-corrected chi connectivity index (χ4v) is 2.28. The highest BCUT2D eigenvalue weighted by molar-refractivity contribution is 7.90. The first kappa shape index (κ1) is 11.6. The average Bonchev–Trinajstić information content (AvgIpc) is 2.96. The standard InChI is InChI=1S/C11H15NO3S/c1-16(14,15)9-4-2-8(3-5-9)10(13)11(12)6-7-11/h2-5,10,13H,6-7,12H2,1H3. The van der Waals surface area contributed by atoms with Crippen LogP contribution in [0.1, 0.15) is 24.5 Å². The second-order valence-corrected chi connectivity index (χ2v) is 6.49. The van der Waals surface area contributed by atoms with E-state index in [4.69, 9.17) is 5.73 Å². The zero-order valence-corrected chi connectivity index (χ0v) is 9.87. The molecule has 0 heterocycles. The van der Waals surface area contributed by atoms with Crippen LogP contribution in [0, 0.1) is 0 Å². The number of benzene rings is 1. The molecule has 0 spiro atoms. The summed E-state index contributed by atoms with van der Waals surface area (Å²) in [4.78, 5) is 0.255. The quantitative estimate of drug-likeness (QED) is 0.812. The van der Waals surface area contributed by atoms with E-state index in [1.807, 2.05) is 0 Å². The number of aliphatic hydroxyl groups excluding tert-OH is 1. The van der Waals surface area contributed by atoms with Gasteiger partial charge in [-0.1, -0.05) is 12.1 Å². The minimum absolute atomic E-state index is 0.255. The first-order chi connectivity index (χ1) is 7.33. The number of sulfone groups is 1. The minimum Gasteiger partial charge on any atom is -0.386 e. The molecule has 1 aliphatic carbocycles. The van der Waals surface area contributed by atoms with Crippen LogP contribution >= 0.6 is 0 Å². The van der Waals surface area contributed by atoms with E-state index in [0.717, 1.165) is 19.1 Å². The summed E-state index contributed by atoms with van der Waals surface area (Å²) in [6, 6.07) is 6.24. The maximum atomic E-state index is 11.2. The summed E-state index contributed by atoms with van der Waals surface area (Å²) in [5.41, 5.74) is 6.04. The van der Waals surface area contributed by atoms with Gasteiger partial charge in [0.25, 0.3) is 0 Å². The first-order valence-electron chi connectivity index (χ1n) is 5.10. The second-order valence-electron chi connectivity index (χ2n) is 4.48. The summed E-state index contributed by atoms with van der Waals surface area (Å²) in [5, 5.41) is 9.94. The molecule has 1 aromatic rings. The summed E-state index contributed by atoms with van der Waals surface area (Å²) in [6.07, 6.45) is 2.06. The van der Waals surface area contributed by atoms with Crippen molar-refractivity contribution in [2.24, 2.45) is 5.73 Å². The molecule has 16 heavy (non-hydrogen) atoms. The average molecular weight is 241 g/mol. The van der Waals surface area contributed by atoms with Crippen LogP contribution in [0.15, 0.2) is 29.2 Å². The van der Waals surface area contributed by atoms with E-state index in [2.05, 4.69) is 0 Å². The maximum absolute atomic E-state index is 11.2. The number of hydrogen-bond acceptors (Lipinski definition) is 4. The predicted octanol–water partition coefficient (Wildman–Crippen LogP) is 0.615. The van der Waals surface area contributed by atoms with Gasteiger partial charge in [-0.05, 0) is 30.5 Å². The Morgan fingerprint density at radius 2 is 1.81 bits per heavy atom. The number of aliphatic hydroxyl groups is 1. The Kier molecular flexibility index (Phi) is 2.57. The third-order valence-electron chi connectivity index (χ3n) is 3.00. The zero-order chi connectivity index (χ0) is 12.0. The maximum Gasteiger partial charge on any atom is 0.175 e. The molecule has 0 radical (unpaired) electrons. The molecule has 4 nitrogen and oxygen atoms in total. The molecule has 1 aliphatic rings. The van der Waals surface area contributed by atoms with E-state index < -0.39 is 21.5 Å². The van der Waals surface area contributed by atoms with Gasteiger partial charge in [-0.3, -0.25) is 0 Å². The van der Waals surface area contributed by atoms with Gasteiger partial charge in [-0.2, -0.15) is 0 Å². The molecule has 0 aliphatic heterocycles. The lowest BCUT2D eigenvalue weighted by Crippen LogP contribution is -2.30. The smallest absolute Gasteiger partial charge is 0.175 e. The highest BCUT2D eigenvalue weighted by Gasteiger charge is 2.45. The van der Waals surface area contributed by atoms with E-state index in [9.17, 15) is 13.5 Å². The molecule has 88 valence electrons. The van der Waals surface area contributed by atoms with Gasteiger partial charge in [0, 0.05) is 11.8 Å². The third-order valence-corrected chi connectivity index (χ3v) is 4.12. The molecule has 5 heteroatoms. The third kappa shape index (κ3) is 2.11. The van der Waals surface area contributed by atoms with Crippen molar-refractivity contribution in [2.45, 2.75) is 29.4 Å². The van der Waals surface area contributed by atoms with Crippen molar-refractivity contribution >= 4 is 9.84 Å². The molecule has 0 aromatic heterocycles. The van der Waals surface area contributed by atoms with E-state index in [1.54, 1.807) is 12.1 Å². The van der Waals surface area contributed by atoms with Crippen molar-refractivity contribution in [1.29, 1.82) is 0 Å². The van der Waals surface area contributed by atoms with Gasteiger partial charge in [-0.25, -0.2) is 8.42 Å². The summed E-state index contributed by atoms with van der Waals surface area (Å²) in [5.74, 6) is 0. The van der Waals surface area contributed by atoms with Crippen molar-refractivity contribution in [1.82, 2.24) is 0 Å². The predicted molar refractivity (Wildman–Crippen MR) is 60.7 cm³/mol. The van der Waals surface area contributed by atoms with Crippen LogP contribution in [-0.4, -0.2) is 25.3 Å². The van der Waals surface area contributed by atoms with Gasteiger partial charge < -0.3 is 10.8 Å². The summed E-state index contributed by atoms with van der Waals surface area (Å²) in [6.45, 7) is 0. The molecule has 1 aromatic carbocycles. The van der Waals surface area contributed by atoms with Crippen LogP contribution in [-0.2, 0) is 9.84 Å². The van der Waals surface area contributed by atoms with Gasteiger partial charge >= 0.3 is 0 Å². The Balaban J connectivity index is 2.26. The van der Waals surface area contributed by atoms with Gasteiger partial charge in [0.1, 0.15) is 0 Å². The highest BCUT2D eigenvalue weighted by atomic mass is 32.2. The minimum atomic E-state index is -3.18. The van der Waals surface area contributed by atoms with Crippen molar-refractivity contribution in [3.05, 3.63) is 29.8 Å². The molecule has 1 saturated carbocycles. The van der Waals surface area contributed by atoms with E-state index in [-0.39, 0.29) is 4.90 Å². The molecule has 1 atom stereocenters. The number of hydrogen-bond donors (Lipinski definition) is 2. The van der Waals surface area contributed by atoms with Crippen LogP contribution in [0.3, 0.4) is 0 Å². The van der Waals surface area contributed by atoms with Gasteiger partial charge in [0.2, 0.25) is 0 Å². The van der Waals surface area contributed by atoms with Crippen LogP contribution in [0.4, 0.5) is 0 Å².